The molecule has 2 atom stereocenters. The van der Waals surface area contributed by atoms with E-state index in [1.165, 1.54) is 29.5 Å². The van der Waals surface area contributed by atoms with Crippen molar-refractivity contribution in [3.8, 4) is 27.6 Å². The SMILES string of the molecule is Cc1nnc(-c2c(CC3COc4cc(F)ccc43)nc3c(c2-c2ccc(C(=O)NCc4ccc(F)c(F)c4)s2)C(=O)N2CCC[C@@H]32)o1. The van der Waals surface area contributed by atoms with Crippen LogP contribution in [0.5, 0.6) is 5.75 Å². The summed E-state index contributed by atoms with van der Waals surface area (Å²) < 4.78 is 52.9. The molecule has 0 saturated carbocycles. The Kier molecular flexibility index (Phi) is 7.08. The zero-order valence-corrected chi connectivity index (χ0v) is 25.8. The monoisotopic (exact) mass is 657 g/mol. The third-order valence-electron chi connectivity index (χ3n) is 8.89. The van der Waals surface area contributed by atoms with Gasteiger partial charge in [-0.1, -0.05) is 12.1 Å². The number of benzene rings is 2. The van der Waals surface area contributed by atoms with Crippen molar-refractivity contribution in [2.75, 3.05) is 13.2 Å². The van der Waals surface area contributed by atoms with E-state index in [4.69, 9.17) is 14.1 Å². The number of carbonyl (C=O) groups is 2. The maximum absolute atomic E-state index is 14.0. The fraction of sp³-hybridized carbons (Fsp3) is 0.265. The fourth-order valence-corrected chi connectivity index (χ4v) is 7.72. The number of fused-ring (bicyclic) bond motifs is 4. The van der Waals surface area contributed by atoms with Crippen LogP contribution >= 0.6 is 11.3 Å². The number of carbonyl (C=O) groups excluding carboxylic acids is 2. The summed E-state index contributed by atoms with van der Waals surface area (Å²) >= 11 is 1.19. The van der Waals surface area contributed by atoms with Crippen molar-refractivity contribution in [1.82, 2.24) is 25.4 Å². The highest BCUT2D eigenvalue weighted by atomic mass is 32.1. The second-order valence-electron chi connectivity index (χ2n) is 11.8. The number of aryl methyl sites for hydroxylation is 1. The maximum atomic E-state index is 14.0. The Morgan fingerprint density at radius 3 is 2.72 bits per heavy atom. The van der Waals surface area contributed by atoms with E-state index in [-0.39, 0.29) is 36.1 Å². The molecule has 6 heterocycles. The first-order valence-electron chi connectivity index (χ1n) is 15.2. The number of nitrogens with one attached hydrogen (secondary N) is 1. The van der Waals surface area contributed by atoms with Gasteiger partial charge in [-0.25, -0.2) is 13.2 Å². The number of rotatable bonds is 7. The maximum Gasteiger partial charge on any atom is 0.261 e. The van der Waals surface area contributed by atoms with Crippen LogP contribution in [0.25, 0.3) is 21.9 Å². The van der Waals surface area contributed by atoms with E-state index in [1.807, 2.05) is 4.90 Å². The summed E-state index contributed by atoms with van der Waals surface area (Å²) in [6, 6.07) is 11.2. The summed E-state index contributed by atoms with van der Waals surface area (Å²) in [7, 11) is 0. The first-order valence-corrected chi connectivity index (χ1v) is 16.0. The van der Waals surface area contributed by atoms with Gasteiger partial charge in [-0.05, 0) is 48.7 Å². The van der Waals surface area contributed by atoms with Crippen LogP contribution in [0.15, 0.2) is 52.9 Å². The van der Waals surface area contributed by atoms with Gasteiger partial charge in [0.05, 0.1) is 40.0 Å². The highest BCUT2D eigenvalue weighted by molar-refractivity contribution is 7.17. The van der Waals surface area contributed by atoms with Crippen LogP contribution in [-0.4, -0.2) is 45.0 Å². The van der Waals surface area contributed by atoms with Crippen LogP contribution in [0.1, 0.15) is 73.2 Å². The molecule has 0 aliphatic carbocycles. The van der Waals surface area contributed by atoms with E-state index in [0.29, 0.717) is 74.6 Å². The Balaban J connectivity index is 1.23. The van der Waals surface area contributed by atoms with Gasteiger partial charge in [-0.3, -0.25) is 14.6 Å². The van der Waals surface area contributed by atoms with E-state index in [9.17, 15) is 22.8 Å². The van der Waals surface area contributed by atoms with Gasteiger partial charge < -0.3 is 19.4 Å². The number of nitrogens with zero attached hydrogens (tertiary/aromatic N) is 4. The minimum atomic E-state index is -0.994. The van der Waals surface area contributed by atoms with Gasteiger partial charge in [0.2, 0.25) is 11.8 Å². The molecule has 0 spiro atoms. The fourth-order valence-electron chi connectivity index (χ4n) is 6.74. The van der Waals surface area contributed by atoms with E-state index >= 15 is 0 Å². The molecule has 3 aromatic heterocycles. The van der Waals surface area contributed by atoms with Crippen LogP contribution in [0, 0.1) is 24.4 Å². The predicted octanol–water partition coefficient (Wildman–Crippen LogP) is 6.53. The summed E-state index contributed by atoms with van der Waals surface area (Å²) in [4.78, 5) is 35.2. The molecule has 8 rings (SSSR count). The topological polar surface area (TPSA) is 110 Å². The number of ether oxygens (including phenoxy) is 1. The van der Waals surface area contributed by atoms with Crippen LogP contribution < -0.4 is 10.1 Å². The van der Waals surface area contributed by atoms with Crippen molar-refractivity contribution in [2.24, 2.45) is 0 Å². The Bertz CT molecular complexity index is 2100. The number of pyridine rings is 1. The lowest BCUT2D eigenvalue weighted by atomic mass is 9.89. The summed E-state index contributed by atoms with van der Waals surface area (Å²) in [6.45, 7) is 2.61. The van der Waals surface area contributed by atoms with Gasteiger partial charge in [0.25, 0.3) is 11.8 Å². The molecule has 2 aromatic carbocycles. The Hall–Kier alpha value is -5.04. The number of halogens is 3. The molecule has 13 heteroatoms. The molecular weight excluding hydrogens is 631 g/mol. The van der Waals surface area contributed by atoms with Crippen LogP contribution in [0.2, 0.25) is 0 Å². The van der Waals surface area contributed by atoms with Gasteiger partial charge in [-0.15, -0.1) is 21.5 Å². The first-order chi connectivity index (χ1) is 22.7. The zero-order valence-electron chi connectivity index (χ0n) is 25.0. The second kappa shape index (κ2) is 11.3. The van der Waals surface area contributed by atoms with Crippen LogP contribution in [0.3, 0.4) is 0 Å². The van der Waals surface area contributed by atoms with Gasteiger partial charge in [0.15, 0.2) is 11.6 Å². The molecular formula is C34H26F3N5O4S. The Morgan fingerprint density at radius 1 is 1.04 bits per heavy atom. The highest BCUT2D eigenvalue weighted by Crippen LogP contribution is 2.50. The van der Waals surface area contributed by atoms with Crippen molar-refractivity contribution in [3.63, 3.8) is 0 Å². The quantitative estimate of drug-likeness (QED) is 0.212. The molecule has 1 N–H and O–H groups in total. The molecule has 1 fully saturated rings. The standard InChI is InChI=1S/C34H26F3N5O4S/c1-16-40-41-33(46-16)28-23(12-18-15-45-25-13-19(35)5-6-20(18)25)39-31-24-3-2-10-42(24)34(44)30(31)29(28)26-8-9-27(47-26)32(43)38-14-17-4-7-21(36)22(37)11-17/h4-9,11,13,18,24H,2-3,10,12,14-15H2,1H3,(H,38,43)/t18?,24-/m0/s1. The highest BCUT2D eigenvalue weighted by Gasteiger charge is 2.45. The summed E-state index contributed by atoms with van der Waals surface area (Å²) in [5, 5.41) is 11.2. The van der Waals surface area contributed by atoms with Crippen molar-refractivity contribution < 1.29 is 31.9 Å². The minimum Gasteiger partial charge on any atom is -0.493 e. The molecule has 1 saturated heterocycles. The largest absolute Gasteiger partial charge is 0.493 e. The van der Waals surface area contributed by atoms with E-state index < -0.39 is 17.5 Å². The number of thiophene rings is 1. The van der Waals surface area contributed by atoms with Gasteiger partial charge >= 0.3 is 0 Å². The van der Waals surface area contributed by atoms with Crippen molar-refractivity contribution >= 4 is 23.2 Å². The number of amides is 2. The Morgan fingerprint density at radius 2 is 1.91 bits per heavy atom. The Labute approximate surface area is 270 Å². The third kappa shape index (κ3) is 5.05. The molecule has 3 aliphatic heterocycles. The minimum absolute atomic E-state index is 0.00542. The molecule has 47 heavy (non-hydrogen) atoms. The molecule has 5 aromatic rings. The average molecular weight is 658 g/mol. The number of hydrogen-bond acceptors (Lipinski definition) is 8. The first kappa shape index (κ1) is 29.4. The van der Waals surface area contributed by atoms with E-state index in [1.54, 1.807) is 25.1 Å². The van der Waals surface area contributed by atoms with Crippen molar-refractivity contribution in [3.05, 3.63) is 105 Å². The summed E-state index contributed by atoms with van der Waals surface area (Å²) in [6.07, 6.45) is 2.04. The van der Waals surface area contributed by atoms with E-state index in [0.717, 1.165) is 30.5 Å². The lowest BCUT2D eigenvalue weighted by Gasteiger charge is -2.18. The molecule has 1 unspecified atom stereocenters. The van der Waals surface area contributed by atoms with Gasteiger partial charge in [0, 0.05) is 54.4 Å². The van der Waals surface area contributed by atoms with Crippen LogP contribution in [-0.2, 0) is 13.0 Å². The van der Waals surface area contributed by atoms with Crippen molar-refractivity contribution in [1.29, 1.82) is 0 Å². The smallest absolute Gasteiger partial charge is 0.261 e. The molecule has 0 bridgehead atoms. The van der Waals surface area contributed by atoms with Gasteiger partial charge in [0.1, 0.15) is 11.6 Å². The molecule has 0 radical (unpaired) electrons. The second-order valence-corrected chi connectivity index (χ2v) is 12.9. The lowest BCUT2D eigenvalue weighted by Crippen LogP contribution is -2.23. The average Bonchev–Trinajstić information content (AvgIpc) is 3.89. The molecule has 9 nitrogen and oxygen atoms in total. The lowest BCUT2D eigenvalue weighted by molar-refractivity contribution is 0.0776. The molecule has 238 valence electrons. The third-order valence-corrected chi connectivity index (χ3v) is 9.99. The summed E-state index contributed by atoms with van der Waals surface area (Å²) in [5.41, 5.74) is 4.09. The number of aromatic nitrogens is 3. The molecule has 3 aliphatic rings. The normalized spacial score (nSPS) is 17.9. The number of hydrogen-bond donors (Lipinski definition) is 1. The van der Waals surface area contributed by atoms with Crippen LogP contribution in [0.4, 0.5) is 13.2 Å². The van der Waals surface area contributed by atoms with Gasteiger partial charge in [-0.2, -0.15) is 0 Å². The molecule has 2 amide bonds. The summed E-state index contributed by atoms with van der Waals surface area (Å²) in [5.74, 6) is -2.03. The van der Waals surface area contributed by atoms with E-state index in [2.05, 4.69) is 15.5 Å². The van der Waals surface area contributed by atoms with Crippen molar-refractivity contribution in [2.45, 2.75) is 44.7 Å². The zero-order chi connectivity index (χ0) is 32.4. The predicted molar refractivity (Wildman–Crippen MR) is 164 cm³/mol.